The van der Waals surface area contributed by atoms with Gasteiger partial charge in [0, 0.05) is 25.2 Å². The summed E-state index contributed by atoms with van der Waals surface area (Å²) in [7, 11) is 0. The van der Waals surface area contributed by atoms with E-state index in [0.29, 0.717) is 11.5 Å². The number of rotatable bonds is 6. The molecule has 0 aliphatic heterocycles. The molecule has 21 heavy (non-hydrogen) atoms. The van der Waals surface area contributed by atoms with Crippen LogP contribution in [0.1, 0.15) is 55.8 Å². The third kappa shape index (κ3) is 4.31. The van der Waals surface area contributed by atoms with Gasteiger partial charge in [-0.15, -0.1) is 0 Å². The fourth-order valence-electron chi connectivity index (χ4n) is 2.99. The van der Waals surface area contributed by atoms with Crippen LogP contribution in [-0.2, 0) is 11.3 Å². The molecule has 1 aromatic heterocycles. The number of nitrogens with zero attached hydrogens (tertiary/aromatic N) is 2. The average molecular weight is 292 g/mol. The summed E-state index contributed by atoms with van der Waals surface area (Å²) in [6.07, 6.45) is 9.12. The summed E-state index contributed by atoms with van der Waals surface area (Å²) in [6.45, 7) is 2.69. The second kappa shape index (κ2) is 7.24. The Morgan fingerprint density at radius 3 is 2.71 bits per heavy atom. The molecule has 0 aromatic carbocycles. The summed E-state index contributed by atoms with van der Waals surface area (Å²) in [5.41, 5.74) is 5.86. The third-order valence-corrected chi connectivity index (χ3v) is 4.18. The van der Waals surface area contributed by atoms with Gasteiger partial charge < -0.3 is 11.1 Å². The van der Waals surface area contributed by atoms with Crippen LogP contribution in [0.3, 0.4) is 0 Å². The maximum absolute atomic E-state index is 12.3. The van der Waals surface area contributed by atoms with E-state index in [1.54, 1.807) is 17.1 Å². The topological polar surface area (TPSA) is 90.0 Å². The lowest BCUT2D eigenvalue weighted by atomic mass is 9.82. The van der Waals surface area contributed by atoms with Gasteiger partial charge in [-0.25, -0.2) is 0 Å². The van der Waals surface area contributed by atoms with Gasteiger partial charge in [-0.05, 0) is 25.7 Å². The molecule has 1 fully saturated rings. The van der Waals surface area contributed by atoms with Crippen molar-refractivity contribution in [1.82, 2.24) is 15.1 Å². The maximum atomic E-state index is 12.3. The van der Waals surface area contributed by atoms with Crippen LogP contribution in [0.2, 0.25) is 0 Å². The normalized spacial score (nSPS) is 17.4. The second-order valence-electron chi connectivity index (χ2n) is 5.73. The quantitative estimate of drug-likeness (QED) is 0.831. The first-order valence-electron chi connectivity index (χ1n) is 7.71. The van der Waals surface area contributed by atoms with E-state index in [2.05, 4.69) is 10.4 Å². The van der Waals surface area contributed by atoms with Crippen molar-refractivity contribution < 1.29 is 9.59 Å². The largest absolute Gasteiger partial charge is 0.370 e. The highest BCUT2D eigenvalue weighted by atomic mass is 16.2. The minimum atomic E-state index is -0.366. The Morgan fingerprint density at radius 1 is 1.43 bits per heavy atom. The monoisotopic (exact) mass is 292 g/mol. The molecule has 6 heteroatoms. The van der Waals surface area contributed by atoms with Crippen LogP contribution < -0.4 is 11.1 Å². The summed E-state index contributed by atoms with van der Waals surface area (Å²) in [5.74, 6) is -0.196. The minimum Gasteiger partial charge on any atom is -0.370 e. The second-order valence-corrected chi connectivity index (χ2v) is 5.73. The Hall–Kier alpha value is -1.85. The first-order valence-corrected chi connectivity index (χ1v) is 7.71. The molecule has 1 aliphatic carbocycles. The van der Waals surface area contributed by atoms with Crippen LogP contribution in [0.4, 0.5) is 0 Å². The standard InChI is InChI=1S/C15H24N4O2/c1-2-19-10-12(9-17-19)15(21)18-13(8-14(16)20)11-6-4-3-5-7-11/h9-11,13H,2-8H2,1H3,(H2,16,20)(H,18,21)/t13-/m1/s1. The highest BCUT2D eigenvalue weighted by molar-refractivity contribution is 5.94. The number of carbonyl (C=O) groups is 2. The van der Waals surface area contributed by atoms with Crippen molar-refractivity contribution in [2.24, 2.45) is 11.7 Å². The Balaban J connectivity index is 2.02. The summed E-state index contributed by atoms with van der Waals surface area (Å²) in [6, 6.07) is -0.166. The number of carbonyl (C=O) groups excluding carboxylic acids is 2. The molecule has 3 N–H and O–H groups in total. The Labute approximate surface area is 125 Å². The van der Waals surface area contributed by atoms with Gasteiger partial charge in [0.15, 0.2) is 0 Å². The molecule has 2 rings (SSSR count). The molecule has 6 nitrogen and oxygen atoms in total. The lowest BCUT2D eigenvalue weighted by molar-refractivity contribution is -0.118. The van der Waals surface area contributed by atoms with E-state index in [4.69, 9.17) is 5.73 Å². The molecule has 0 bridgehead atoms. The number of hydrogen-bond donors (Lipinski definition) is 2. The van der Waals surface area contributed by atoms with Crippen molar-refractivity contribution in [2.75, 3.05) is 0 Å². The van der Waals surface area contributed by atoms with Crippen molar-refractivity contribution >= 4 is 11.8 Å². The van der Waals surface area contributed by atoms with Gasteiger partial charge in [0.1, 0.15) is 0 Å². The van der Waals surface area contributed by atoms with E-state index in [9.17, 15) is 9.59 Å². The summed E-state index contributed by atoms with van der Waals surface area (Å²) < 4.78 is 1.71. The molecular weight excluding hydrogens is 268 g/mol. The molecule has 116 valence electrons. The van der Waals surface area contributed by atoms with E-state index in [1.807, 2.05) is 6.92 Å². The lowest BCUT2D eigenvalue weighted by Crippen LogP contribution is -2.43. The molecule has 1 saturated carbocycles. The van der Waals surface area contributed by atoms with Gasteiger partial charge in [-0.1, -0.05) is 19.3 Å². The van der Waals surface area contributed by atoms with Gasteiger partial charge in [-0.3, -0.25) is 14.3 Å². The lowest BCUT2D eigenvalue weighted by Gasteiger charge is -2.30. The van der Waals surface area contributed by atoms with Crippen LogP contribution >= 0.6 is 0 Å². The van der Waals surface area contributed by atoms with E-state index in [1.165, 1.54) is 6.42 Å². The van der Waals surface area contributed by atoms with Gasteiger partial charge in [-0.2, -0.15) is 5.10 Å². The van der Waals surface area contributed by atoms with E-state index >= 15 is 0 Å². The fourth-order valence-corrected chi connectivity index (χ4v) is 2.99. The van der Waals surface area contributed by atoms with Gasteiger partial charge in [0.05, 0.1) is 11.8 Å². The maximum Gasteiger partial charge on any atom is 0.254 e. The molecule has 0 spiro atoms. The smallest absolute Gasteiger partial charge is 0.254 e. The van der Waals surface area contributed by atoms with Crippen molar-refractivity contribution in [3.63, 3.8) is 0 Å². The van der Waals surface area contributed by atoms with Crippen molar-refractivity contribution in [2.45, 2.75) is 58.0 Å². The van der Waals surface area contributed by atoms with Crippen LogP contribution in [0.25, 0.3) is 0 Å². The van der Waals surface area contributed by atoms with E-state index < -0.39 is 0 Å². The number of aromatic nitrogens is 2. The van der Waals surface area contributed by atoms with E-state index in [0.717, 1.165) is 32.2 Å². The zero-order valence-electron chi connectivity index (χ0n) is 12.5. The zero-order chi connectivity index (χ0) is 15.2. The number of aryl methyl sites for hydroxylation is 1. The van der Waals surface area contributed by atoms with Gasteiger partial charge in [0.25, 0.3) is 5.91 Å². The third-order valence-electron chi connectivity index (χ3n) is 4.18. The minimum absolute atomic E-state index is 0.166. The van der Waals surface area contributed by atoms with Crippen LogP contribution in [0.15, 0.2) is 12.4 Å². The molecule has 1 aliphatic rings. The summed E-state index contributed by atoms with van der Waals surface area (Å²) in [5, 5.41) is 7.08. The van der Waals surface area contributed by atoms with Gasteiger partial charge in [0.2, 0.25) is 5.91 Å². The highest BCUT2D eigenvalue weighted by Crippen LogP contribution is 2.27. The number of primary amides is 1. The Kier molecular flexibility index (Phi) is 5.36. The first-order chi connectivity index (χ1) is 10.1. The average Bonchev–Trinajstić information content (AvgIpc) is 2.96. The predicted octanol–water partition coefficient (Wildman–Crippen LogP) is 1.46. The van der Waals surface area contributed by atoms with Crippen molar-refractivity contribution in [3.8, 4) is 0 Å². The Morgan fingerprint density at radius 2 is 2.14 bits per heavy atom. The Bertz CT molecular complexity index is 492. The van der Waals surface area contributed by atoms with Gasteiger partial charge >= 0.3 is 0 Å². The number of nitrogens with two attached hydrogens (primary N) is 1. The number of nitrogens with one attached hydrogen (secondary N) is 1. The fraction of sp³-hybridized carbons (Fsp3) is 0.667. The SMILES string of the molecule is CCn1cc(C(=O)N[C@H](CC(N)=O)C2CCCCC2)cn1. The summed E-state index contributed by atoms with van der Waals surface area (Å²) in [4.78, 5) is 23.6. The molecular formula is C15H24N4O2. The molecule has 0 saturated heterocycles. The zero-order valence-corrected chi connectivity index (χ0v) is 12.5. The first kappa shape index (κ1) is 15.5. The predicted molar refractivity (Wildman–Crippen MR) is 79.5 cm³/mol. The molecule has 1 aromatic rings. The highest BCUT2D eigenvalue weighted by Gasteiger charge is 2.27. The molecule has 1 heterocycles. The van der Waals surface area contributed by atoms with Crippen molar-refractivity contribution in [1.29, 1.82) is 0 Å². The molecule has 2 amide bonds. The van der Waals surface area contributed by atoms with Crippen molar-refractivity contribution in [3.05, 3.63) is 18.0 Å². The van der Waals surface area contributed by atoms with Crippen LogP contribution in [0, 0.1) is 5.92 Å². The number of hydrogen-bond acceptors (Lipinski definition) is 3. The summed E-state index contributed by atoms with van der Waals surface area (Å²) >= 11 is 0. The number of amides is 2. The molecule has 1 atom stereocenters. The van der Waals surface area contributed by atoms with Crippen LogP contribution in [0.5, 0.6) is 0 Å². The van der Waals surface area contributed by atoms with Crippen LogP contribution in [-0.4, -0.2) is 27.6 Å². The molecule has 0 radical (unpaired) electrons. The van der Waals surface area contributed by atoms with E-state index in [-0.39, 0.29) is 24.3 Å². The molecule has 0 unspecified atom stereocenters.